The fourth-order valence-electron chi connectivity index (χ4n) is 2.67. The topological polar surface area (TPSA) is 72.6 Å². The molecule has 0 aliphatic carbocycles. The maximum atomic E-state index is 10.9. The van der Waals surface area contributed by atoms with Crippen LogP contribution in [0.15, 0.2) is 0 Å². The monoisotopic (exact) mass is 245 g/mol. The molecule has 2 heterocycles. The first-order chi connectivity index (χ1) is 7.63. The molecule has 16 heavy (non-hydrogen) atoms. The van der Waals surface area contributed by atoms with Gasteiger partial charge in [0.2, 0.25) is 0 Å². The average molecular weight is 245 g/mol. The predicted octanol–water partition coefficient (Wildman–Crippen LogP) is 1.09. The average Bonchev–Trinajstić information content (AvgIpc) is 2.29. The summed E-state index contributed by atoms with van der Waals surface area (Å²) in [5, 5.41) is 8.95. The predicted molar refractivity (Wildman–Crippen MR) is 63.6 cm³/mol. The van der Waals surface area contributed by atoms with Gasteiger partial charge >= 0.3 is 5.97 Å². The molecule has 0 aromatic rings. The Hall–Kier alpha value is -0.260. The minimum absolute atomic E-state index is 0.0682. The van der Waals surface area contributed by atoms with E-state index in [0.29, 0.717) is 6.61 Å². The fraction of sp³-hybridized carbons (Fsp3) is 0.909. The van der Waals surface area contributed by atoms with Gasteiger partial charge in [0.05, 0.1) is 5.60 Å². The third-order valence-corrected chi connectivity index (χ3v) is 4.71. The molecule has 2 rings (SSSR count). The number of aliphatic carboxylic acids is 1. The minimum Gasteiger partial charge on any atom is -0.480 e. The van der Waals surface area contributed by atoms with E-state index in [1.165, 1.54) is 0 Å². The van der Waals surface area contributed by atoms with Crippen LogP contribution in [0.2, 0.25) is 0 Å². The first-order valence-electron chi connectivity index (χ1n) is 5.83. The number of ether oxygens (including phenoxy) is 1. The molecule has 4 nitrogen and oxygen atoms in total. The summed E-state index contributed by atoms with van der Waals surface area (Å²) in [5.41, 5.74) is 5.65. The molecule has 2 fully saturated rings. The van der Waals surface area contributed by atoms with Crippen LogP contribution in [0.1, 0.15) is 25.7 Å². The van der Waals surface area contributed by atoms with Gasteiger partial charge in [0.25, 0.3) is 0 Å². The summed E-state index contributed by atoms with van der Waals surface area (Å²) in [7, 11) is 0. The van der Waals surface area contributed by atoms with Crippen molar-refractivity contribution in [2.45, 2.75) is 37.3 Å². The molecule has 0 bridgehead atoms. The number of thioether (sulfide) groups is 1. The van der Waals surface area contributed by atoms with Gasteiger partial charge in [0, 0.05) is 6.61 Å². The minimum atomic E-state index is -0.882. The fourth-order valence-corrected chi connectivity index (χ4v) is 3.90. The van der Waals surface area contributed by atoms with E-state index in [0.717, 1.165) is 37.2 Å². The van der Waals surface area contributed by atoms with E-state index in [-0.39, 0.29) is 11.5 Å². The molecule has 2 atom stereocenters. The van der Waals surface area contributed by atoms with E-state index in [4.69, 9.17) is 15.6 Å². The highest BCUT2D eigenvalue weighted by molar-refractivity contribution is 7.99. The van der Waals surface area contributed by atoms with Crippen LogP contribution in [-0.2, 0) is 9.53 Å². The molecule has 92 valence electrons. The van der Waals surface area contributed by atoms with Crippen LogP contribution in [0.4, 0.5) is 0 Å². The highest BCUT2D eigenvalue weighted by Gasteiger charge is 2.41. The SMILES string of the molecule is N[C@H](C(=O)O)C1CCOC2(CCSCC2)C1. The van der Waals surface area contributed by atoms with Gasteiger partial charge in [0.15, 0.2) is 0 Å². The standard InChI is InChI=1S/C11H19NO3S/c12-9(10(13)14)8-1-4-15-11(7-8)2-5-16-6-3-11/h8-9H,1-7,12H2,(H,13,14)/t8?,9-/m0/s1. The summed E-state index contributed by atoms with van der Waals surface area (Å²) in [6.45, 7) is 0.663. The Morgan fingerprint density at radius 1 is 1.50 bits per heavy atom. The van der Waals surface area contributed by atoms with Crippen molar-refractivity contribution in [2.24, 2.45) is 11.7 Å². The van der Waals surface area contributed by atoms with Crippen molar-refractivity contribution in [3.05, 3.63) is 0 Å². The van der Waals surface area contributed by atoms with Crippen LogP contribution in [0.25, 0.3) is 0 Å². The highest BCUT2D eigenvalue weighted by atomic mass is 32.2. The van der Waals surface area contributed by atoms with Gasteiger partial charge in [-0.2, -0.15) is 11.8 Å². The number of carbonyl (C=O) groups is 1. The molecular formula is C11H19NO3S. The maximum Gasteiger partial charge on any atom is 0.320 e. The van der Waals surface area contributed by atoms with Gasteiger partial charge in [0.1, 0.15) is 6.04 Å². The number of hydrogen-bond acceptors (Lipinski definition) is 4. The van der Waals surface area contributed by atoms with Crippen LogP contribution in [0, 0.1) is 5.92 Å². The smallest absolute Gasteiger partial charge is 0.320 e. The summed E-state index contributed by atoms with van der Waals surface area (Å²) in [4.78, 5) is 10.9. The second kappa shape index (κ2) is 4.94. The number of nitrogens with two attached hydrogens (primary N) is 1. The summed E-state index contributed by atoms with van der Waals surface area (Å²) in [5.74, 6) is 1.44. The number of hydrogen-bond donors (Lipinski definition) is 2. The molecule has 0 saturated carbocycles. The third kappa shape index (κ3) is 2.52. The van der Waals surface area contributed by atoms with E-state index in [2.05, 4.69) is 0 Å². The Kier molecular flexibility index (Phi) is 3.77. The number of carboxylic acid groups (broad SMARTS) is 1. The molecule has 2 aliphatic rings. The van der Waals surface area contributed by atoms with Gasteiger partial charge < -0.3 is 15.6 Å². The Labute approximate surface area is 99.9 Å². The molecule has 5 heteroatoms. The summed E-state index contributed by atoms with van der Waals surface area (Å²) < 4.78 is 5.90. The van der Waals surface area contributed by atoms with Crippen LogP contribution >= 0.6 is 11.8 Å². The Balaban J connectivity index is 2.00. The lowest BCUT2D eigenvalue weighted by atomic mass is 9.79. The molecule has 0 aromatic heterocycles. The molecule has 1 spiro atoms. The molecule has 0 aromatic carbocycles. The second-order valence-electron chi connectivity index (χ2n) is 4.76. The van der Waals surface area contributed by atoms with Gasteiger partial charge in [-0.3, -0.25) is 4.79 Å². The lowest BCUT2D eigenvalue weighted by molar-refractivity contribution is -0.145. The van der Waals surface area contributed by atoms with Crippen LogP contribution in [0.5, 0.6) is 0 Å². The van der Waals surface area contributed by atoms with Crippen molar-refractivity contribution in [3.8, 4) is 0 Å². The summed E-state index contributed by atoms with van der Waals surface area (Å²) >= 11 is 1.95. The van der Waals surface area contributed by atoms with Crippen molar-refractivity contribution in [1.82, 2.24) is 0 Å². The molecule has 2 aliphatic heterocycles. The van der Waals surface area contributed by atoms with E-state index in [1.807, 2.05) is 11.8 Å². The van der Waals surface area contributed by atoms with Crippen molar-refractivity contribution in [1.29, 1.82) is 0 Å². The van der Waals surface area contributed by atoms with Crippen LogP contribution < -0.4 is 5.73 Å². The van der Waals surface area contributed by atoms with Gasteiger partial charge in [-0.25, -0.2) is 0 Å². The highest BCUT2D eigenvalue weighted by Crippen LogP contribution is 2.40. The van der Waals surface area contributed by atoms with Crippen molar-refractivity contribution in [3.63, 3.8) is 0 Å². The molecule has 2 saturated heterocycles. The van der Waals surface area contributed by atoms with Crippen molar-refractivity contribution >= 4 is 17.7 Å². The lowest BCUT2D eigenvalue weighted by Crippen LogP contribution is -2.49. The third-order valence-electron chi connectivity index (χ3n) is 3.73. The second-order valence-corrected chi connectivity index (χ2v) is 5.99. The van der Waals surface area contributed by atoms with E-state index in [9.17, 15) is 4.79 Å². The molecule has 0 radical (unpaired) electrons. The zero-order chi connectivity index (χ0) is 11.6. The van der Waals surface area contributed by atoms with Crippen molar-refractivity contribution < 1.29 is 14.6 Å². The van der Waals surface area contributed by atoms with Gasteiger partial charge in [-0.05, 0) is 43.1 Å². The normalized spacial score (nSPS) is 31.2. The molecule has 0 amide bonds. The van der Waals surface area contributed by atoms with Gasteiger partial charge in [-0.1, -0.05) is 0 Å². The van der Waals surface area contributed by atoms with Gasteiger partial charge in [-0.15, -0.1) is 0 Å². The van der Waals surface area contributed by atoms with Crippen molar-refractivity contribution in [2.75, 3.05) is 18.1 Å². The van der Waals surface area contributed by atoms with E-state index >= 15 is 0 Å². The van der Waals surface area contributed by atoms with Crippen LogP contribution in [0.3, 0.4) is 0 Å². The lowest BCUT2D eigenvalue weighted by Gasteiger charge is -2.44. The first-order valence-corrected chi connectivity index (χ1v) is 6.99. The Morgan fingerprint density at radius 3 is 2.81 bits per heavy atom. The van der Waals surface area contributed by atoms with E-state index < -0.39 is 12.0 Å². The first kappa shape index (κ1) is 12.2. The Morgan fingerprint density at radius 2 is 2.19 bits per heavy atom. The van der Waals surface area contributed by atoms with Crippen LogP contribution in [-0.4, -0.2) is 40.8 Å². The maximum absolute atomic E-state index is 10.9. The number of rotatable bonds is 2. The molecule has 3 N–H and O–H groups in total. The Bertz CT molecular complexity index is 260. The molecular weight excluding hydrogens is 226 g/mol. The zero-order valence-electron chi connectivity index (χ0n) is 9.35. The largest absolute Gasteiger partial charge is 0.480 e. The zero-order valence-corrected chi connectivity index (χ0v) is 10.2. The number of carboxylic acids is 1. The summed E-state index contributed by atoms with van der Waals surface area (Å²) in [6.07, 6.45) is 3.68. The summed E-state index contributed by atoms with van der Waals surface area (Å²) in [6, 6.07) is -0.727. The van der Waals surface area contributed by atoms with E-state index in [1.54, 1.807) is 0 Å². The quantitative estimate of drug-likeness (QED) is 0.762. The molecule has 1 unspecified atom stereocenters.